The van der Waals surface area contributed by atoms with E-state index in [9.17, 15) is 20.1 Å². The summed E-state index contributed by atoms with van der Waals surface area (Å²) in [5.41, 5.74) is 0. The highest BCUT2D eigenvalue weighted by Crippen LogP contribution is 2.23. The van der Waals surface area contributed by atoms with Gasteiger partial charge >= 0.3 is 5.97 Å². The summed E-state index contributed by atoms with van der Waals surface area (Å²) in [6.07, 6.45) is -7.95. The SMILES string of the molecule is CC(C)OC1O[C@H](C(=O)O)C(O)C(O)C1O. The Morgan fingerprint density at radius 1 is 1.19 bits per heavy atom. The van der Waals surface area contributed by atoms with E-state index in [0.29, 0.717) is 0 Å². The van der Waals surface area contributed by atoms with Gasteiger partial charge in [-0.2, -0.15) is 0 Å². The molecule has 7 heteroatoms. The summed E-state index contributed by atoms with van der Waals surface area (Å²) in [6.45, 7) is 3.34. The molecule has 1 aliphatic rings. The normalized spacial score (nSPS) is 40.0. The molecule has 0 aliphatic carbocycles. The number of ether oxygens (including phenoxy) is 2. The first-order valence-electron chi connectivity index (χ1n) is 4.92. The molecule has 5 atom stereocenters. The Hall–Kier alpha value is -0.730. The fraction of sp³-hybridized carbons (Fsp3) is 0.889. The molecule has 0 aromatic rings. The van der Waals surface area contributed by atoms with Crippen LogP contribution in [0.2, 0.25) is 0 Å². The van der Waals surface area contributed by atoms with Crippen molar-refractivity contribution < 1.29 is 34.7 Å². The van der Waals surface area contributed by atoms with Crippen molar-refractivity contribution in [3.05, 3.63) is 0 Å². The molecule has 1 rings (SSSR count). The maximum absolute atomic E-state index is 10.7. The number of rotatable bonds is 3. The van der Waals surface area contributed by atoms with Gasteiger partial charge in [0.05, 0.1) is 6.10 Å². The summed E-state index contributed by atoms with van der Waals surface area (Å²) < 4.78 is 9.97. The lowest BCUT2D eigenvalue weighted by Crippen LogP contribution is -2.60. The van der Waals surface area contributed by atoms with E-state index in [1.165, 1.54) is 0 Å². The van der Waals surface area contributed by atoms with Gasteiger partial charge in [0.25, 0.3) is 0 Å². The smallest absolute Gasteiger partial charge is 0.335 e. The van der Waals surface area contributed by atoms with Crippen LogP contribution in [-0.4, -0.2) is 63.2 Å². The van der Waals surface area contributed by atoms with Gasteiger partial charge in [-0.1, -0.05) is 0 Å². The summed E-state index contributed by atoms with van der Waals surface area (Å²) in [5, 5.41) is 37.0. The van der Waals surface area contributed by atoms with E-state index in [-0.39, 0.29) is 6.10 Å². The van der Waals surface area contributed by atoms with Crippen LogP contribution in [0.15, 0.2) is 0 Å². The minimum atomic E-state index is -1.68. The van der Waals surface area contributed by atoms with Crippen LogP contribution >= 0.6 is 0 Å². The molecule has 94 valence electrons. The van der Waals surface area contributed by atoms with Gasteiger partial charge in [-0.15, -0.1) is 0 Å². The van der Waals surface area contributed by atoms with Crippen molar-refractivity contribution >= 4 is 5.97 Å². The molecule has 0 bridgehead atoms. The molecule has 1 aliphatic heterocycles. The zero-order chi connectivity index (χ0) is 12.5. The van der Waals surface area contributed by atoms with Crippen LogP contribution in [0.25, 0.3) is 0 Å². The Bertz CT molecular complexity index is 254. The molecule has 0 aromatic carbocycles. The van der Waals surface area contributed by atoms with Crippen LogP contribution < -0.4 is 0 Å². The fourth-order valence-electron chi connectivity index (χ4n) is 1.43. The molecule has 0 aromatic heterocycles. The zero-order valence-corrected chi connectivity index (χ0v) is 8.98. The first-order valence-corrected chi connectivity index (χ1v) is 4.92. The Kier molecular flexibility index (Phi) is 4.22. The van der Waals surface area contributed by atoms with Gasteiger partial charge in [0, 0.05) is 0 Å². The number of aliphatic hydroxyl groups is 3. The molecular weight excluding hydrogens is 220 g/mol. The zero-order valence-electron chi connectivity index (χ0n) is 8.98. The van der Waals surface area contributed by atoms with Crippen LogP contribution in [0.5, 0.6) is 0 Å². The van der Waals surface area contributed by atoms with Gasteiger partial charge in [-0.3, -0.25) is 0 Å². The van der Waals surface area contributed by atoms with Crippen LogP contribution in [0, 0.1) is 0 Å². The number of carboxylic acid groups (broad SMARTS) is 1. The summed E-state index contributed by atoms with van der Waals surface area (Å²) in [5.74, 6) is -1.42. The largest absolute Gasteiger partial charge is 0.479 e. The Morgan fingerprint density at radius 3 is 2.19 bits per heavy atom. The second-order valence-electron chi connectivity index (χ2n) is 3.92. The number of hydrogen-bond donors (Lipinski definition) is 4. The Labute approximate surface area is 92.2 Å². The molecule has 7 nitrogen and oxygen atoms in total. The van der Waals surface area contributed by atoms with Gasteiger partial charge < -0.3 is 29.9 Å². The standard InChI is InChI=1S/C9H16O7/c1-3(2)15-9-6(12)4(10)5(11)7(16-9)8(13)14/h3-7,9-12H,1-2H3,(H,13,14)/t4?,5?,6?,7-,9?/m0/s1. The first-order chi connectivity index (χ1) is 7.34. The van der Waals surface area contributed by atoms with Gasteiger partial charge in [0.1, 0.15) is 18.3 Å². The molecule has 1 saturated heterocycles. The lowest BCUT2D eigenvalue weighted by atomic mass is 9.99. The average Bonchev–Trinajstić information content (AvgIpc) is 2.18. The highest BCUT2D eigenvalue weighted by atomic mass is 16.7. The van der Waals surface area contributed by atoms with Crippen molar-refractivity contribution in [1.29, 1.82) is 0 Å². The average molecular weight is 236 g/mol. The van der Waals surface area contributed by atoms with E-state index in [4.69, 9.17) is 14.6 Å². The maximum atomic E-state index is 10.7. The summed E-state index contributed by atoms with van der Waals surface area (Å²) in [4.78, 5) is 10.7. The van der Waals surface area contributed by atoms with Crippen molar-refractivity contribution in [2.45, 2.75) is 50.7 Å². The van der Waals surface area contributed by atoms with Crippen LogP contribution in [-0.2, 0) is 14.3 Å². The van der Waals surface area contributed by atoms with Gasteiger partial charge in [0.15, 0.2) is 12.4 Å². The fourth-order valence-corrected chi connectivity index (χ4v) is 1.43. The second kappa shape index (κ2) is 5.07. The molecule has 0 spiro atoms. The van der Waals surface area contributed by atoms with Crippen molar-refractivity contribution in [3.63, 3.8) is 0 Å². The van der Waals surface area contributed by atoms with E-state index in [2.05, 4.69) is 0 Å². The molecule has 16 heavy (non-hydrogen) atoms. The molecule has 0 saturated carbocycles. The van der Waals surface area contributed by atoms with Crippen molar-refractivity contribution in [2.75, 3.05) is 0 Å². The molecule has 1 fully saturated rings. The summed E-state index contributed by atoms with van der Waals surface area (Å²) in [7, 11) is 0. The monoisotopic (exact) mass is 236 g/mol. The van der Waals surface area contributed by atoms with Crippen molar-refractivity contribution in [3.8, 4) is 0 Å². The topological polar surface area (TPSA) is 116 Å². The number of aliphatic hydroxyl groups excluding tert-OH is 3. The Balaban J connectivity index is 2.77. The van der Waals surface area contributed by atoms with Gasteiger partial charge in [-0.25, -0.2) is 4.79 Å². The minimum Gasteiger partial charge on any atom is -0.479 e. The third-order valence-electron chi connectivity index (χ3n) is 2.22. The lowest BCUT2D eigenvalue weighted by molar-refractivity contribution is -0.301. The third kappa shape index (κ3) is 2.69. The first kappa shape index (κ1) is 13.3. The van der Waals surface area contributed by atoms with Gasteiger partial charge in [0.2, 0.25) is 0 Å². The number of carboxylic acids is 1. The predicted octanol–water partition coefficient (Wildman–Crippen LogP) is -1.70. The molecule has 4 unspecified atom stereocenters. The van der Waals surface area contributed by atoms with Crippen LogP contribution in [0.1, 0.15) is 13.8 Å². The van der Waals surface area contributed by atoms with Crippen LogP contribution in [0.3, 0.4) is 0 Å². The molecule has 4 N–H and O–H groups in total. The Morgan fingerprint density at radius 2 is 1.75 bits per heavy atom. The van der Waals surface area contributed by atoms with E-state index < -0.39 is 36.7 Å². The van der Waals surface area contributed by atoms with E-state index >= 15 is 0 Å². The number of hydrogen-bond acceptors (Lipinski definition) is 6. The predicted molar refractivity (Wildman–Crippen MR) is 50.5 cm³/mol. The van der Waals surface area contributed by atoms with E-state index in [1.807, 2.05) is 0 Å². The molecular formula is C9H16O7. The summed E-state index contributed by atoms with van der Waals surface area (Å²) in [6, 6.07) is 0. The summed E-state index contributed by atoms with van der Waals surface area (Å²) >= 11 is 0. The number of aliphatic carboxylic acids is 1. The second-order valence-corrected chi connectivity index (χ2v) is 3.92. The molecule has 0 amide bonds. The van der Waals surface area contributed by atoms with E-state index in [0.717, 1.165) is 0 Å². The quantitative estimate of drug-likeness (QED) is 0.461. The number of carbonyl (C=O) groups is 1. The van der Waals surface area contributed by atoms with E-state index in [1.54, 1.807) is 13.8 Å². The van der Waals surface area contributed by atoms with Crippen LogP contribution in [0.4, 0.5) is 0 Å². The lowest BCUT2D eigenvalue weighted by Gasteiger charge is -2.39. The van der Waals surface area contributed by atoms with Crippen molar-refractivity contribution in [1.82, 2.24) is 0 Å². The third-order valence-corrected chi connectivity index (χ3v) is 2.22. The maximum Gasteiger partial charge on any atom is 0.335 e. The highest BCUT2D eigenvalue weighted by Gasteiger charge is 2.47. The van der Waals surface area contributed by atoms with Crippen molar-refractivity contribution in [2.24, 2.45) is 0 Å². The highest BCUT2D eigenvalue weighted by molar-refractivity contribution is 5.73. The minimum absolute atomic E-state index is 0.309. The van der Waals surface area contributed by atoms with Gasteiger partial charge in [-0.05, 0) is 13.8 Å². The molecule has 0 radical (unpaired) electrons. The molecule has 1 heterocycles.